The van der Waals surface area contributed by atoms with Crippen molar-refractivity contribution in [2.24, 2.45) is 0 Å². The van der Waals surface area contributed by atoms with Crippen molar-refractivity contribution in [1.82, 2.24) is 0 Å². The zero-order chi connectivity index (χ0) is 14.7. The Morgan fingerprint density at radius 1 is 1.00 bits per heavy atom. The van der Waals surface area contributed by atoms with Gasteiger partial charge in [0.05, 0.1) is 12.7 Å². The van der Waals surface area contributed by atoms with Crippen LogP contribution in [0.2, 0.25) is 0 Å². The number of hydrogen-bond donors (Lipinski definition) is 0. The van der Waals surface area contributed by atoms with E-state index in [0.29, 0.717) is 0 Å². The molecule has 0 atom stereocenters. The van der Waals surface area contributed by atoms with E-state index in [0.717, 1.165) is 18.2 Å². The maximum absolute atomic E-state index is 13.7. The number of rotatable bonds is 4. The average molecular weight is 280 g/mol. The Kier molecular flexibility index (Phi) is 4.08. The van der Waals surface area contributed by atoms with Crippen molar-refractivity contribution in [2.75, 3.05) is 7.11 Å². The monoisotopic (exact) mass is 280 g/mol. The van der Waals surface area contributed by atoms with E-state index in [4.69, 9.17) is 4.74 Å². The molecule has 0 amide bonds. The largest absolute Gasteiger partial charge is 0.496 e. The van der Waals surface area contributed by atoms with Crippen LogP contribution in [-0.4, -0.2) is 12.9 Å². The van der Waals surface area contributed by atoms with Gasteiger partial charge in [-0.2, -0.15) is 0 Å². The van der Waals surface area contributed by atoms with E-state index in [1.807, 2.05) is 0 Å². The molecule has 0 saturated heterocycles. The third kappa shape index (κ3) is 2.66. The van der Waals surface area contributed by atoms with Gasteiger partial charge in [0.15, 0.2) is 5.78 Å². The van der Waals surface area contributed by atoms with Gasteiger partial charge in [-0.25, -0.2) is 13.2 Å². The molecular formula is C15H11F3O2. The second-order valence-electron chi connectivity index (χ2n) is 4.12. The van der Waals surface area contributed by atoms with Gasteiger partial charge in [0.1, 0.15) is 23.2 Å². The zero-order valence-electron chi connectivity index (χ0n) is 10.6. The molecule has 104 valence electrons. The number of methoxy groups -OCH3 is 1. The van der Waals surface area contributed by atoms with Crippen LogP contribution < -0.4 is 4.74 Å². The van der Waals surface area contributed by atoms with Gasteiger partial charge >= 0.3 is 0 Å². The molecule has 0 unspecified atom stereocenters. The molecule has 5 heteroatoms. The van der Waals surface area contributed by atoms with Crippen LogP contribution in [0.5, 0.6) is 5.75 Å². The molecule has 0 aliphatic rings. The van der Waals surface area contributed by atoms with Crippen LogP contribution >= 0.6 is 0 Å². The van der Waals surface area contributed by atoms with E-state index < -0.39 is 29.7 Å². The summed E-state index contributed by atoms with van der Waals surface area (Å²) in [6, 6.07) is 7.17. The van der Waals surface area contributed by atoms with Gasteiger partial charge in [-0.3, -0.25) is 4.79 Å². The Labute approximate surface area is 113 Å². The minimum absolute atomic E-state index is 0.0340. The van der Waals surface area contributed by atoms with Crippen LogP contribution in [0, 0.1) is 17.5 Å². The smallest absolute Gasteiger partial charge is 0.174 e. The summed E-state index contributed by atoms with van der Waals surface area (Å²) in [5, 5.41) is 0. The van der Waals surface area contributed by atoms with Crippen molar-refractivity contribution in [3.63, 3.8) is 0 Å². The molecular weight excluding hydrogens is 269 g/mol. The first-order valence-electron chi connectivity index (χ1n) is 5.83. The van der Waals surface area contributed by atoms with Gasteiger partial charge in [-0.1, -0.05) is 12.1 Å². The molecule has 0 aromatic heterocycles. The van der Waals surface area contributed by atoms with Crippen LogP contribution in [0.25, 0.3) is 0 Å². The van der Waals surface area contributed by atoms with E-state index in [1.54, 1.807) is 0 Å². The minimum atomic E-state index is -0.839. The van der Waals surface area contributed by atoms with E-state index in [-0.39, 0.29) is 16.9 Å². The summed E-state index contributed by atoms with van der Waals surface area (Å²) in [5.41, 5.74) is -0.694. The third-order valence-electron chi connectivity index (χ3n) is 2.87. The predicted molar refractivity (Wildman–Crippen MR) is 67.3 cm³/mol. The normalized spacial score (nSPS) is 10.4. The molecule has 0 aliphatic carbocycles. The van der Waals surface area contributed by atoms with Crippen molar-refractivity contribution in [1.29, 1.82) is 0 Å². The lowest BCUT2D eigenvalue weighted by Crippen LogP contribution is -2.11. The SMILES string of the molecule is COc1cccc(F)c1C(=O)Cc1c(F)cccc1F. The number of Topliss-reactive ketones (excluding diaryl/α,β-unsaturated/α-hetero) is 1. The molecule has 0 heterocycles. The van der Waals surface area contributed by atoms with Gasteiger partial charge in [0.2, 0.25) is 0 Å². The van der Waals surface area contributed by atoms with Crippen molar-refractivity contribution in [3.05, 3.63) is 65.0 Å². The van der Waals surface area contributed by atoms with Gasteiger partial charge < -0.3 is 4.74 Å². The minimum Gasteiger partial charge on any atom is -0.496 e. The standard InChI is InChI=1S/C15H11F3O2/c1-20-14-7-3-6-12(18)15(14)13(19)8-9-10(16)4-2-5-11(9)17/h2-7H,8H2,1H3. The maximum atomic E-state index is 13.7. The highest BCUT2D eigenvalue weighted by atomic mass is 19.1. The quantitative estimate of drug-likeness (QED) is 0.801. The second kappa shape index (κ2) is 5.77. The Balaban J connectivity index is 2.39. The summed E-state index contributed by atoms with van der Waals surface area (Å²) in [5.74, 6) is -3.18. The fraction of sp³-hybridized carbons (Fsp3) is 0.133. The van der Waals surface area contributed by atoms with E-state index in [1.165, 1.54) is 25.3 Å². The Hall–Kier alpha value is -2.30. The highest BCUT2D eigenvalue weighted by Gasteiger charge is 2.20. The summed E-state index contributed by atoms with van der Waals surface area (Å²) in [6.45, 7) is 0. The van der Waals surface area contributed by atoms with Crippen LogP contribution in [0.1, 0.15) is 15.9 Å². The van der Waals surface area contributed by atoms with E-state index in [9.17, 15) is 18.0 Å². The molecule has 2 rings (SSSR count). The molecule has 2 aromatic carbocycles. The van der Waals surface area contributed by atoms with Crippen molar-refractivity contribution in [2.45, 2.75) is 6.42 Å². The maximum Gasteiger partial charge on any atom is 0.174 e. The zero-order valence-corrected chi connectivity index (χ0v) is 10.6. The number of hydrogen-bond acceptors (Lipinski definition) is 2. The topological polar surface area (TPSA) is 26.3 Å². The Morgan fingerprint density at radius 3 is 2.15 bits per heavy atom. The highest BCUT2D eigenvalue weighted by molar-refractivity contribution is 6.00. The van der Waals surface area contributed by atoms with Gasteiger partial charge in [-0.15, -0.1) is 0 Å². The number of carbonyl (C=O) groups is 1. The second-order valence-corrected chi connectivity index (χ2v) is 4.12. The summed E-state index contributed by atoms with van der Waals surface area (Å²) in [6.07, 6.45) is -0.574. The van der Waals surface area contributed by atoms with Gasteiger partial charge in [0, 0.05) is 12.0 Å². The molecule has 0 aliphatic heterocycles. The summed E-state index contributed by atoms with van der Waals surface area (Å²) in [7, 11) is 1.29. The Morgan fingerprint density at radius 2 is 1.55 bits per heavy atom. The molecule has 0 spiro atoms. The highest BCUT2D eigenvalue weighted by Crippen LogP contribution is 2.24. The molecule has 0 N–H and O–H groups in total. The molecule has 0 radical (unpaired) electrons. The lowest BCUT2D eigenvalue weighted by atomic mass is 10.0. The van der Waals surface area contributed by atoms with Crippen LogP contribution in [0.15, 0.2) is 36.4 Å². The molecule has 2 nitrogen and oxygen atoms in total. The molecule has 0 fully saturated rings. The number of halogens is 3. The third-order valence-corrected chi connectivity index (χ3v) is 2.87. The van der Waals surface area contributed by atoms with Crippen LogP contribution in [-0.2, 0) is 6.42 Å². The number of carbonyl (C=O) groups excluding carboxylic acids is 1. The van der Waals surface area contributed by atoms with Gasteiger partial charge in [-0.05, 0) is 24.3 Å². The van der Waals surface area contributed by atoms with Crippen molar-refractivity contribution in [3.8, 4) is 5.75 Å². The molecule has 2 aromatic rings. The lowest BCUT2D eigenvalue weighted by molar-refractivity contribution is 0.0983. The van der Waals surface area contributed by atoms with Crippen LogP contribution in [0.4, 0.5) is 13.2 Å². The summed E-state index contributed by atoms with van der Waals surface area (Å²) in [4.78, 5) is 12.1. The van der Waals surface area contributed by atoms with Crippen molar-refractivity contribution >= 4 is 5.78 Å². The number of benzene rings is 2. The van der Waals surface area contributed by atoms with Gasteiger partial charge in [0.25, 0.3) is 0 Å². The van der Waals surface area contributed by atoms with E-state index >= 15 is 0 Å². The summed E-state index contributed by atoms with van der Waals surface area (Å²) >= 11 is 0. The fourth-order valence-corrected chi connectivity index (χ4v) is 1.90. The molecule has 0 bridgehead atoms. The first kappa shape index (κ1) is 14.1. The fourth-order valence-electron chi connectivity index (χ4n) is 1.90. The Bertz CT molecular complexity index is 633. The number of ketones is 1. The summed E-state index contributed by atoms with van der Waals surface area (Å²) < 4.78 is 45.6. The first-order valence-corrected chi connectivity index (χ1v) is 5.83. The lowest BCUT2D eigenvalue weighted by Gasteiger charge is -2.09. The van der Waals surface area contributed by atoms with Crippen LogP contribution in [0.3, 0.4) is 0 Å². The average Bonchev–Trinajstić information content (AvgIpc) is 2.42. The molecule has 20 heavy (non-hydrogen) atoms. The van der Waals surface area contributed by atoms with E-state index in [2.05, 4.69) is 0 Å². The first-order chi connectivity index (χ1) is 9.54. The number of ether oxygens (including phenoxy) is 1. The van der Waals surface area contributed by atoms with Crippen molar-refractivity contribution < 1.29 is 22.7 Å². The predicted octanol–water partition coefficient (Wildman–Crippen LogP) is 3.54. The molecule has 0 saturated carbocycles.